The molecule has 0 aromatic heterocycles. The average Bonchev–Trinajstić information content (AvgIpc) is 2.69. The Kier molecular flexibility index (Phi) is 2.19. The monoisotopic (exact) mass is 197 g/mol. The Morgan fingerprint density at radius 2 is 2.00 bits per heavy atom. The predicted octanol–water partition coefficient (Wildman–Crippen LogP) is -1.19. The molecule has 0 radical (unpaired) electrons. The molecule has 1 aliphatic heterocycles. The number of rotatable bonds is 2. The van der Waals surface area contributed by atoms with Crippen LogP contribution in [-0.2, 0) is 9.59 Å². The number of amides is 2. The maximum absolute atomic E-state index is 11.8. The molecule has 78 valence electrons. The summed E-state index contributed by atoms with van der Waals surface area (Å²) in [6.45, 7) is 0.648. The lowest BCUT2D eigenvalue weighted by molar-refractivity contribution is -0.138. The molecule has 2 aliphatic rings. The van der Waals surface area contributed by atoms with E-state index < -0.39 is 11.9 Å². The van der Waals surface area contributed by atoms with E-state index in [1.165, 1.54) is 0 Å². The highest BCUT2D eigenvalue weighted by Gasteiger charge is 2.45. The molecule has 2 fully saturated rings. The number of likely N-dealkylation sites (tertiary alicyclic amines) is 1. The van der Waals surface area contributed by atoms with E-state index in [0.29, 0.717) is 13.0 Å². The molecule has 2 amide bonds. The molecule has 5 heteroatoms. The standard InChI is InChI=1S/C9H15N3O2/c10-6-4-5(6)9(14)12-3-1-2-7(12)8(11)13/h5-7H,1-4,10H2,(H2,11,13). The third-order valence-corrected chi connectivity index (χ3v) is 3.02. The number of carbonyl (C=O) groups excluding carboxylic acids is 2. The van der Waals surface area contributed by atoms with Gasteiger partial charge in [0.15, 0.2) is 0 Å². The summed E-state index contributed by atoms with van der Waals surface area (Å²) in [5.74, 6) is -0.446. The van der Waals surface area contributed by atoms with Gasteiger partial charge in [-0.05, 0) is 19.3 Å². The first-order valence-electron chi connectivity index (χ1n) is 4.96. The number of primary amides is 1. The van der Waals surface area contributed by atoms with Crippen LogP contribution in [0.2, 0.25) is 0 Å². The molecule has 1 aliphatic carbocycles. The second kappa shape index (κ2) is 3.24. The van der Waals surface area contributed by atoms with Crippen LogP contribution in [0.4, 0.5) is 0 Å². The van der Waals surface area contributed by atoms with Crippen molar-refractivity contribution in [3.63, 3.8) is 0 Å². The van der Waals surface area contributed by atoms with Crippen molar-refractivity contribution in [2.75, 3.05) is 6.54 Å². The van der Waals surface area contributed by atoms with Gasteiger partial charge in [0.05, 0.1) is 5.92 Å². The third kappa shape index (κ3) is 1.48. The smallest absolute Gasteiger partial charge is 0.240 e. The first-order valence-corrected chi connectivity index (χ1v) is 4.96. The van der Waals surface area contributed by atoms with Gasteiger partial charge in [0.2, 0.25) is 11.8 Å². The Bertz CT molecular complexity index is 279. The third-order valence-electron chi connectivity index (χ3n) is 3.02. The second-order valence-electron chi connectivity index (χ2n) is 4.10. The van der Waals surface area contributed by atoms with Crippen LogP contribution in [-0.4, -0.2) is 35.3 Å². The van der Waals surface area contributed by atoms with E-state index in [1.54, 1.807) is 4.90 Å². The minimum atomic E-state index is -0.398. The van der Waals surface area contributed by atoms with Gasteiger partial charge in [-0.2, -0.15) is 0 Å². The number of nitrogens with two attached hydrogens (primary N) is 2. The molecule has 2 rings (SSSR count). The lowest BCUT2D eigenvalue weighted by Gasteiger charge is -2.22. The van der Waals surface area contributed by atoms with Crippen molar-refractivity contribution in [2.45, 2.75) is 31.3 Å². The van der Waals surface area contributed by atoms with Gasteiger partial charge >= 0.3 is 0 Å². The summed E-state index contributed by atoms with van der Waals surface area (Å²) >= 11 is 0. The van der Waals surface area contributed by atoms with Gasteiger partial charge in [-0.3, -0.25) is 9.59 Å². The second-order valence-corrected chi connectivity index (χ2v) is 4.10. The zero-order chi connectivity index (χ0) is 10.3. The molecule has 0 aromatic rings. The molecule has 0 bridgehead atoms. The van der Waals surface area contributed by atoms with E-state index in [9.17, 15) is 9.59 Å². The number of hydrogen-bond acceptors (Lipinski definition) is 3. The van der Waals surface area contributed by atoms with E-state index in [0.717, 1.165) is 12.8 Å². The molecule has 1 saturated heterocycles. The maximum Gasteiger partial charge on any atom is 0.240 e. The molecule has 14 heavy (non-hydrogen) atoms. The molecule has 5 nitrogen and oxygen atoms in total. The minimum Gasteiger partial charge on any atom is -0.368 e. The van der Waals surface area contributed by atoms with Gasteiger partial charge in [0, 0.05) is 12.6 Å². The van der Waals surface area contributed by atoms with Gasteiger partial charge < -0.3 is 16.4 Å². The summed E-state index contributed by atoms with van der Waals surface area (Å²) in [6.07, 6.45) is 2.31. The van der Waals surface area contributed by atoms with Crippen molar-refractivity contribution in [2.24, 2.45) is 17.4 Å². The Morgan fingerprint density at radius 1 is 1.36 bits per heavy atom. The SMILES string of the molecule is NC(=O)C1CCCN1C(=O)C1CC1N. The van der Waals surface area contributed by atoms with Crippen molar-refractivity contribution in [3.05, 3.63) is 0 Å². The molecule has 4 N–H and O–H groups in total. The van der Waals surface area contributed by atoms with Crippen LogP contribution >= 0.6 is 0 Å². The molecule has 3 atom stereocenters. The first-order chi connectivity index (χ1) is 6.61. The lowest BCUT2D eigenvalue weighted by Crippen LogP contribution is -2.44. The van der Waals surface area contributed by atoms with Gasteiger partial charge in [-0.25, -0.2) is 0 Å². The van der Waals surface area contributed by atoms with Crippen LogP contribution in [0.25, 0.3) is 0 Å². The van der Waals surface area contributed by atoms with Crippen LogP contribution in [0.3, 0.4) is 0 Å². The molecule has 0 aromatic carbocycles. The number of nitrogens with zero attached hydrogens (tertiary/aromatic N) is 1. The van der Waals surface area contributed by atoms with Crippen LogP contribution in [0.5, 0.6) is 0 Å². The van der Waals surface area contributed by atoms with Gasteiger partial charge in [0.25, 0.3) is 0 Å². The van der Waals surface area contributed by atoms with E-state index >= 15 is 0 Å². The van der Waals surface area contributed by atoms with Crippen molar-refractivity contribution in [1.82, 2.24) is 4.90 Å². The van der Waals surface area contributed by atoms with Crippen LogP contribution in [0.1, 0.15) is 19.3 Å². The first kappa shape index (κ1) is 9.45. The highest BCUT2D eigenvalue weighted by molar-refractivity contribution is 5.89. The zero-order valence-corrected chi connectivity index (χ0v) is 7.98. The molecule has 1 saturated carbocycles. The fourth-order valence-corrected chi connectivity index (χ4v) is 2.04. The Labute approximate surface area is 82.4 Å². The molecular formula is C9H15N3O2. The van der Waals surface area contributed by atoms with Gasteiger partial charge in [-0.15, -0.1) is 0 Å². The van der Waals surface area contributed by atoms with E-state index in [-0.39, 0.29) is 17.9 Å². The van der Waals surface area contributed by atoms with E-state index in [2.05, 4.69) is 0 Å². The van der Waals surface area contributed by atoms with Gasteiger partial charge in [-0.1, -0.05) is 0 Å². The summed E-state index contributed by atoms with van der Waals surface area (Å²) in [5, 5.41) is 0. The minimum absolute atomic E-state index is 0.00312. The van der Waals surface area contributed by atoms with Crippen LogP contribution < -0.4 is 11.5 Å². The van der Waals surface area contributed by atoms with Crippen molar-refractivity contribution < 1.29 is 9.59 Å². The number of hydrogen-bond donors (Lipinski definition) is 2. The number of carbonyl (C=O) groups is 2. The maximum atomic E-state index is 11.8. The summed E-state index contributed by atoms with van der Waals surface area (Å²) < 4.78 is 0. The van der Waals surface area contributed by atoms with Crippen molar-refractivity contribution in [3.8, 4) is 0 Å². The largest absolute Gasteiger partial charge is 0.368 e. The highest BCUT2D eigenvalue weighted by Crippen LogP contribution is 2.32. The predicted molar refractivity (Wildman–Crippen MR) is 50.0 cm³/mol. The Morgan fingerprint density at radius 3 is 2.50 bits per heavy atom. The molecular weight excluding hydrogens is 182 g/mol. The fraction of sp³-hybridized carbons (Fsp3) is 0.778. The van der Waals surface area contributed by atoms with Crippen LogP contribution in [0, 0.1) is 5.92 Å². The van der Waals surface area contributed by atoms with Gasteiger partial charge in [0.1, 0.15) is 6.04 Å². The lowest BCUT2D eigenvalue weighted by atomic mass is 10.2. The summed E-state index contributed by atoms with van der Waals surface area (Å²) in [6, 6.07) is -0.396. The average molecular weight is 197 g/mol. The topological polar surface area (TPSA) is 89.4 Å². The van der Waals surface area contributed by atoms with E-state index in [1.807, 2.05) is 0 Å². The quantitative estimate of drug-likeness (QED) is 0.583. The summed E-state index contributed by atoms with van der Waals surface area (Å²) in [7, 11) is 0. The van der Waals surface area contributed by atoms with Crippen molar-refractivity contribution in [1.29, 1.82) is 0 Å². The van der Waals surface area contributed by atoms with Crippen LogP contribution in [0.15, 0.2) is 0 Å². The highest BCUT2D eigenvalue weighted by atomic mass is 16.2. The Balaban J connectivity index is 2.02. The fourth-order valence-electron chi connectivity index (χ4n) is 2.04. The normalized spacial score (nSPS) is 35.8. The summed E-state index contributed by atoms with van der Waals surface area (Å²) in [4.78, 5) is 24.4. The van der Waals surface area contributed by atoms with Crippen molar-refractivity contribution >= 4 is 11.8 Å². The molecule has 0 spiro atoms. The molecule has 1 heterocycles. The Hall–Kier alpha value is -1.10. The molecule has 3 unspecified atom stereocenters. The van der Waals surface area contributed by atoms with E-state index in [4.69, 9.17) is 11.5 Å². The summed E-state index contributed by atoms with van der Waals surface area (Å²) in [5.41, 5.74) is 10.8. The zero-order valence-electron chi connectivity index (χ0n) is 7.98.